The van der Waals surface area contributed by atoms with Crippen LogP contribution in [-0.4, -0.2) is 41.0 Å². The first kappa shape index (κ1) is 20.1. The lowest BCUT2D eigenvalue weighted by molar-refractivity contribution is -0.120. The van der Waals surface area contributed by atoms with Crippen molar-refractivity contribution in [2.45, 2.75) is 29.3 Å². The molecule has 1 aliphatic rings. The van der Waals surface area contributed by atoms with Crippen LogP contribution in [0.5, 0.6) is 11.5 Å². The molecule has 3 aromatic rings. The molecule has 1 saturated carbocycles. The summed E-state index contributed by atoms with van der Waals surface area (Å²) in [6.45, 7) is 0. The number of carbonyl (C=O) groups is 1. The van der Waals surface area contributed by atoms with Crippen LogP contribution in [-0.2, 0) is 4.79 Å². The monoisotopic (exact) mass is 425 g/mol. The Labute approximate surface area is 178 Å². The number of ether oxygens (including phenoxy) is 2. The first-order chi connectivity index (χ1) is 14.6. The van der Waals surface area contributed by atoms with Gasteiger partial charge in [-0.1, -0.05) is 42.1 Å². The molecule has 1 atom stereocenters. The molecule has 0 spiro atoms. The molecule has 2 aromatic carbocycles. The predicted molar refractivity (Wildman–Crippen MR) is 115 cm³/mol. The van der Waals surface area contributed by atoms with Gasteiger partial charge in [-0.2, -0.15) is 0 Å². The molecule has 1 aliphatic carbocycles. The third-order valence-electron chi connectivity index (χ3n) is 4.80. The standard InChI is InChI=1S/C21H23N5O3S/c1-28-15-10-11-16(17(12-15)29-2)19-24-25-21(26(19)22)30-18(13-6-4-3-5-7-13)20(27)23-14-8-9-14/h3-7,10-12,14,18H,8-9,22H2,1-2H3,(H,23,27). The highest BCUT2D eigenvalue weighted by Crippen LogP contribution is 2.38. The van der Waals surface area contributed by atoms with Crippen molar-refractivity contribution in [3.8, 4) is 22.9 Å². The summed E-state index contributed by atoms with van der Waals surface area (Å²) in [4.78, 5) is 12.9. The lowest BCUT2D eigenvalue weighted by Gasteiger charge is -2.16. The number of methoxy groups -OCH3 is 2. The van der Waals surface area contributed by atoms with Gasteiger partial charge in [-0.3, -0.25) is 4.79 Å². The molecule has 0 saturated heterocycles. The Morgan fingerprint density at radius 2 is 1.93 bits per heavy atom. The van der Waals surface area contributed by atoms with Gasteiger partial charge in [0.05, 0.1) is 19.8 Å². The number of hydrogen-bond acceptors (Lipinski definition) is 7. The number of nitrogens with zero attached hydrogens (tertiary/aromatic N) is 3. The molecule has 4 rings (SSSR count). The van der Waals surface area contributed by atoms with Crippen LogP contribution in [0, 0.1) is 0 Å². The smallest absolute Gasteiger partial charge is 0.238 e. The molecular formula is C21H23N5O3S. The zero-order valence-corrected chi connectivity index (χ0v) is 17.6. The van der Waals surface area contributed by atoms with Gasteiger partial charge in [-0.05, 0) is 30.5 Å². The van der Waals surface area contributed by atoms with Gasteiger partial charge in [0.25, 0.3) is 0 Å². The highest BCUT2D eigenvalue weighted by molar-refractivity contribution is 8.00. The summed E-state index contributed by atoms with van der Waals surface area (Å²) in [7, 11) is 3.16. The Morgan fingerprint density at radius 3 is 2.60 bits per heavy atom. The van der Waals surface area contributed by atoms with Crippen molar-refractivity contribution in [1.29, 1.82) is 0 Å². The van der Waals surface area contributed by atoms with Crippen LogP contribution in [0.25, 0.3) is 11.4 Å². The topological polar surface area (TPSA) is 104 Å². The zero-order chi connectivity index (χ0) is 21.1. The van der Waals surface area contributed by atoms with Crippen LogP contribution in [0.2, 0.25) is 0 Å². The van der Waals surface area contributed by atoms with Gasteiger partial charge in [-0.25, -0.2) is 4.68 Å². The van der Waals surface area contributed by atoms with E-state index < -0.39 is 5.25 Å². The largest absolute Gasteiger partial charge is 0.497 e. The summed E-state index contributed by atoms with van der Waals surface area (Å²) in [5, 5.41) is 11.5. The van der Waals surface area contributed by atoms with E-state index in [1.165, 1.54) is 16.4 Å². The van der Waals surface area contributed by atoms with Crippen molar-refractivity contribution < 1.29 is 14.3 Å². The average Bonchev–Trinajstić information content (AvgIpc) is 3.52. The molecule has 30 heavy (non-hydrogen) atoms. The van der Waals surface area contributed by atoms with Crippen molar-refractivity contribution in [3.63, 3.8) is 0 Å². The maximum atomic E-state index is 12.9. The summed E-state index contributed by atoms with van der Waals surface area (Å²) in [5.74, 6) is 7.93. The normalized spacial score (nSPS) is 14.2. The first-order valence-corrected chi connectivity index (χ1v) is 10.4. The molecule has 0 radical (unpaired) electrons. The SMILES string of the molecule is COc1ccc(-c2nnc(SC(C(=O)NC3CC3)c3ccccc3)n2N)c(OC)c1. The van der Waals surface area contributed by atoms with E-state index in [0.29, 0.717) is 28.0 Å². The van der Waals surface area contributed by atoms with Gasteiger partial charge < -0.3 is 20.6 Å². The van der Waals surface area contributed by atoms with E-state index in [2.05, 4.69) is 15.5 Å². The van der Waals surface area contributed by atoms with Gasteiger partial charge in [0, 0.05) is 12.1 Å². The molecule has 1 aromatic heterocycles. The number of carbonyl (C=O) groups excluding carboxylic acids is 1. The highest BCUT2D eigenvalue weighted by Gasteiger charge is 2.30. The number of amides is 1. The molecular weight excluding hydrogens is 402 g/mol. The lowest BCUT2D eigenvalue weighted by Crippen LogP contribution is -2.30. The van der Waals surface area contributed by atoms with Gasteiger partial charge in [0.1, 0.15) is 16.7 Å². The fourth-order valence-electron chi connectivity index (χ4n) is 3.04. The minimum Gasteiger partial charge on any atom is -0.497 e. The third-order valence-corrected chi connectivity index (χ3v) is 6.01. The molecule has 1 unspecified atom stereocenters. The lowest BCUT2D eigenvalue weighted by atomic mass is 10.1. The van der Waals surface area contributed by atoms with E-state index in [9.17, 15) is 4.79 Å². The summed E-state index contributed by atoms with van der Waals surface area (Å²) in [5.41, 5.74) is 1.56. The highest BCUT2D eigenvalue weighted by atomic mass is 32.2. The number of nitrogens with one attached hydrogen (secondary N) is 1. The average molecular weight is 426 g/mol. The van der Waals surface area contributed by atoms with E-state index in [-0.39, 0.29) is 11.9 Å². The molecule has 0 aliphatic heterocycles. The summed E-state index contributed by atoms with van der Waals surface area (Å²) >= 11 is 1.27. The fourth-order valence-corrected chi connectivity index (χ4v) is 4.00. The van der Waals surface area contributed by atoms with E-state index in [4.69, 9.17) is 15.3 Å². The van der Waals surface area contributed by atoms with Crippen molar-refractivity contribution in [2.24, 2.45) is 0 Å². The number of nitrogens with two attached hydrogens (primary N) is 1. The number of nitrogen functional groups attached to an aromatic ring is 1. The molecule has 3 N–H and O–H groups in total. The molecule has 156 valence electrons. The van der Waals surface area contributed by atoms with E-state index >= 15 is 0 Å². The number of hydrogen-bond donors (Lipinski definition) is 2. The Balaban J connectivity index is 1.64. The van der Waals surface area contributed by atoms with Crippen LogP contribution in [0.3, 0.4) is 0 Å². The molecule has 8 nitrogen and oxygen atoms in total. The summed E-state index contributed by atoms with van der Waals surface area (Å²) < 4.78 is 12.1. The predicted octanol–water partition coefficient (Wildman–Crippen LogP) is 2.79. The molecule has 1 fully saturated rings. The van der Waals surface area contributed by atoms with Crippen molar-refractivity contribution in [1.82, 2.24) is 20.2 Å². The van der Waals surface area contributed by atoms with E-state index in [1.54, 1.807) is 26.4 Å². The van der Waals surface area contributed by atoms with Crippen LogP contribution >= 0.6 is 11.8 Å². The molecule has 1 heterocycles. The van der Waals surface area contributed by atoms with Gasteiger partial charge in [-0.15, -0.1) is 10.2 Å². The minimum absolute atomic E-state index is 0.0553. The summed E-state index contributed by atoms with van der Waals surface area (Å²) in [6, 6.07) is 15.2. The summed E-state index contributed by atoms with van der Waals surface area (Å²) in [6.07, 6.45) is 2.04. The molecule has 9 heteroatoms. The Kier molecular flexibility index (Phi) is 5.80. The van der Waals surface area contributed by atoms with E-state index in [1.807, 2.05) is 36.4 Å². The number of thioether (sulfide) groups is 1. The third kappa shape index (κ3) is 4.20. The van der Waals surface area contributed by atoms with Gasteiger partial charge in [0.2, 0.25) is 11.1 Å². The number of benzene rings is 2. The van der Waals surface area contributed by atoms with E-state index in [0.717, 1.165) is 18.4 Å². The Bertz CT molecular complexity index is 1040. The van der Waals surface area contributed by atoms with Crippen LogP contribution in [0.15, 0.2) is 53.7 Å². The van der Waals surface area contributed by atoms with Crippen molar-refractivity contribution in [2.75, 3.05) is 20.1 Å². The number of rotatable bonds is 8. The van der Waals surface area contributed by atoms with Crippen molar-refractivity contribution in [3.05, 3.63) is 54.1 Å². The van der Waals surface area contributed by atoms with Crippen LogP contribution in [0.1, 0.15) is 23.7 Å². The Morgan fingerprint density at radius 1 is 1.17 bits per heavy atom. The maximum Gasteiger partial charge on any atom is 0.238 e. The minimum atomic E-state index is -0.482. The first-order valence-electron chi connectivity index (χ1n) is 9.55. The second-order valence-corrected chi connectivity index (χ2v) is 8.01. The fraction of sp³-hybridized carbons (Fsp3) is 0.286. The number of aromatic nitrogens is 3. The van der Waals surface area contributed by atoms with Crippen LogP contribution in [0.4, 0.5) is 0 Å². The second-order valence-electron chi connectivity index (χ2n) is 6.93. The zero-order valence-electron chi connectivity index (χ0n) is 16.7. The van der Waals surface area contributed by atoms with Gasteiger partial charge >= 0.3 is 0 Å². The van der Waals surface area contributed by atoms with Crippen LogP contribution < -0.4 is 20.6 Å². The Hall–Kier alpha value is -3.20. The maximum absolute atomic E-state index is 12.9. The second kappa shape index (κ2) is 8.66. The molecule has 0 bridgehead atoms. The quantitative estimate of drug-likeness (QED) is 0.422. The van der Waals surface area contributed by atoms with Gasteiger partial charge in [0.15, 0.2) is 5.82 Å². The van der Waals surface area contributed by atoms with Crippen molar-refractivity contribution >= 4 is 17.7 Å². The molecule has 1 amide bonds.